The van der Waals surface area contributed by atoms with Crippen molar-refractivity contribution in [1.82, 2.24) is 9.97 Å². The quantitative estimate of drug-likeness (QED) is 0.123. The Morgan fingerprint density at radius 1 is 0.774 bits per heavy atom. The Labute approximate surface area is 319 Å². The number of rotatable bonds is 10. The Kier molecular flexibility index (Phi) is 23.8. The van der Waals surface area contributed by atoms with Crippen LogP contribution >= 0.6 is 0 Å². The molecule has 1 fully saturated rings. The van der Waals surface area contributed by atoms with Crippen LogP contribution in [0.3, 0.4) is 0 Å². The molecule has 0 amide bonds. The summed E-state index contributed by atoms with van der Waals surface area (Å²) in [6.45, 7) is 26.7. The minimum absolute atomic E-state index is 0.0236. The van der Waals surface area contributed by atoms with Crippen molar-refractivity contribution in [3.63, 3.8) is 0 Å². The van der Waals surface area contributed by atoms with Crippen molar-refractivity contribution in [2.24, 2.45) is 39.9 Å². The minimum atomic E-state index is -0.370. The summed E-state index contributed by atoms with van der Waals surface area (Å²) in [5.74, 6) is 1.25. The van der Waals surface area contributed by atoms with Gasteiger partial charge in [-0.2, -0.15) is 0 Å². The summed E-state index contributed by atoms with van der Waals surface area (Å²) in [6, 6.07) is 8.92. The van der Waals surface area contributed by atoms with E-state index in [9.17, 15) is 24.0 Å². The van der Waals surface area contributed by atoms with Gasteiger partial charge in [0.25, 0.3) is 0 Å². The number of hydrogen-bond acceptors (Lipinski definition) is 10. The summed E-state index contributed by atoms with van der Waals surface area (Å²) in [7, 11) is 0. The molecule has 0 atom stereocenters. The second kappa shape index (κ2) is 24.5. The van der Waals surface area contributed by atoms with E-state index >= 15 is 0 Å². The third kappa shape index (κ3) is 22.1. The molecule has 3 N–H and O–H groups in total. The molecule has 2 aromatic heterocycles. The SMILES string of the molecule is CC(C)(C)C(=N)CO.CC(C)(C)C1CC(C(=O)CO)C1.CC(C)C(=O)c1ccccn1.CC(C)C(=O)c1cccnc1.CCC(=O)CC(=O)C(C)(C)C. The first-order chi connectivity index (χ1) is 24.2. The normalized spacial score (nSPS) is 15.0. The van der Waals surface area contributed by atoms with Crippen LogP contribution in [0, 0.1) is 45.3 Å². The Bertz CT molecular complexity index is 1350. The molecule has 0 saturated heterocycles. The predicted octanol–water partition coefficient (Wildman–Crippen LogP) is 8.48. The first kappa shape index (κ1) is 51.3. The molecule has 10 heteroatoms. The molecule has 1 aliphatic rings. The van der Waals surface area contributed by atoms with Crippen LogP contribution in [0.15, 0.2) is 48.9 Å². The molecule has 10 nitrogen and oxygen atoms in total. The maximum absolute atomic E-state index is 11.3. The van der Waals surface area contributed by atoms with Gasteiger partial charge in [-0.15, -0.1) is 0 Å². The van der Waals surface area contributed by atoms with Gasteiger partial charge in [0, 0.05) is 64.9 Å². The molecule has 1 saturated carbocycles. The first-order valence-corrected chi connectivity index (χ1v) is 18.5. The fourth-order valence-electron chi connectivity index (χ4n) is 4.17. The van der Waals surface area contributed by atoms with Crippen LogP contribution < -0.4 is 0 Å². The highest BCUT2D eigenvalue weighted by atomic mass is 16.3. The van der Waals surface area contributed by atoms with Gasteiger partial charge in [0.15, 0.2) is 17.3 Å². The minimum Gasteiger partial charge on any atom is -0.390 e. The number of carbonyl (C=O) groups is 5. The Morgan fingerprint density at radius 2 is 1.32 bits per heavy atom. The molecule has 2 heterocycles. The number of aliphatic hydroxyl groups excluding tert-OH is 2. The lowest BCUT2D eigenvalue weighted by Gasteiger charge is -2.42. The van der Waals surface area contributed by atoms with Gasteiger partial charge in [-0.1, -0.05) is 103 Å². The smallest absolute Gasteiger partial charge is 0.183 e. The summed E-state index contributed by atoms with van der Waals surface area (Å²) in [6.07, 6.45) is 7.41. The number of ketones is 5. The summed E-state index contributed by atoms with van der Waals surface area (Å²) in [5, 5.41) is 24.2. The van der Waals surface area contributed by atoms with Gasteiger partial charge in [-0.25, -0.2) is 0 Å². The average molecular weight is 740 g/mol. The van der Waals surface area contributed by atoms with E-state index in [1.54, 1.807) is 49.8 Å². The number of carbonyl (C=O) groups excluding carboxylic acids is 5. The number of Topliss-reactive ketones (excluding diaryl/α,β-unsaturated/α-hetero) is 5. The first-order valence-electron chi connectivity index (χ1n) is 18.5. The lowest BCUT2D eigenvalue weighted by atomic mass is 9.62. The number of nitrogens with zero attached hydrogens (tertiary/aromatic N) is 2. The van der Waals surface area contributed by atoms with Crippen LogP contribution in [-0.2, 0) is 14.4 Å². The zero-order valence-electron chi connectivity index (χ0n) is 35.0. The second-order valence-corrected chi connectivity index (χ2v) is 17.0. The van der Waals surface area contributed by atoms with E-state index < -0.39 is 0 Å². The Morgan fingerprint density at radius 3 is 1.64 bits per heavy atom. The number of hydrogen-bond donors (Lipinski definition) is 3. The predicted molar refractivity (Wildman–Crippen MR) is 213 cm³/mol. The zero-order chi connectivity index (χ0) is 41.7. The molecule has 0 aromatic carbocycles. The van der Waals surface area contributed by atoms with Crippen molar-refractivity contribution >= 4 is 34.6 Å². The topological polar surface area (TPSA) is 175 Å². The second-order valence-electron chi connectivity index (χ2n) is 17.0. The largest absolute Gasteiger partial charge is 0.390 e. The third-order valence-corrected chi connectivity index (χ3v) is 8.54. The van der Waals surface area contributed by atoms with Gasteiger partial charge >= 0.3 is 0 Å². The standard InChI is InChI=1S/C10H18O2.2C9H11NO.C9H16O2.C6H13NO/c1-10(2,3)8-4-7(5-8)9(12)6-11;1-7(2)9(11)8-4-3-5-10-6-8;1-7(2)9(11)8-5-3-4-6-10-8;1-5-7(10)6-8(11)9(2,3)4;1-6(2,3)5(7)4-8/h7-8,11H,4-6H2,1-3H3;2*3-7H,1-2H3;5-6H2,1-4H3;7-8H,4H2,1-3H3. The van der Waals surface area contributed by atoms with Gasteiger partial charge in [-0.3, -0.25) is 33.9 Å². The zero-order valence-corrected chi connectivity index (χ0v) is 35.0. The van der Waals surface area contributed by atoms with Gasteiger partial charge in [0.2, 0.25) is 0 Å². The molecule has 0 radical (unpaired) electrons. The lowest BCUT2D eigenvalue weighted by Crippen LogP contribution is -2.38. The van der Waals surface area contributed by atoms with Crippen LogP contribution in [-0.4, -0.2) is 68.0 Å². The van der Waals surface area contributed by atoms with E-state index in [2.05, 4.69) is 30.7 Å². The molecule has 0 bridgehead atoms. The van der Waals surface area contributed by atoms with Crippen LogP contribution in [0.25, 0.3) is 0 Å². The molecule has 0 spiro atoms. The van der Waals surface area contributed by atoms with Crippen molar-refractivity contribution in [1.29, 1.82) is 5.41 Å². The molecule has 0 unspecified atom stereocenters. The van der Waals surface area contributed by atoms with E-state index in [1.807, 2.05) is 75.3 Å². The molecule has 0 aliphatic heterocycles. The Balaban J connectivity index is 0. The number of aromatic nitrogens is 2. The van der Waals surface area contributed by atoms with Crippen molar-refractivity contribution in [3.05, 3.63) is 60.2 Å². The van der Waals surface area contributed by atoms with Gasteiger partial charge in [-0.05, 0) is 48.4 Å². The van der Waals surface area contributed by atoms with E-state index in [0.717, 1.165) is 12.8 Å². The van der Waals surface area contributed by atoms with E-state index in [4.69, 9.17) is 15.6 Å². The van der Waals surface area contributed by atoms with Crippen molar-refractivity contribution in [2.45, 2.75) is 123 Å². The molecule has 3 rings (SSSR count). The molecule has 2 aromatic rings. The van der Waals surface area contributed by atoms with E-state index in [1.165, 1.54) is 0 Å². The van der Waals surface area contributed by atoms with Crippen molar-refractivity contribution in [3.8, 4) is 0 Å². The fraction of sp³-hybridized carbons (Fsp3) is 0.628. The van der Waals surface area contributed by atoms with Gasteiger partial charge < -0.3 is 15.6 Å². The fourth-order valence-corrected chi connectivity index (χ4v) is 4.17. The maximum atomic E-state index is 11.3. The molecule has 1 aliphatic carbocycles. The van der Waals surface area contributed by atoms with Crippen LogP contribution in [0.1, 0.15) is 143 Å². The Hall–Kier alpha value is -3.76. The number of aliphatic hydroxyl groups is 2. The summed E-state index contributed by atoms with van der Waals surface area (Å²) < 4.78 is 0. The summed E-state index contributed by atoms with van der Waals surface area (Å²) in [5.41, 5.74) is 1.44. The number of nitrogens with one attached hydrogen (secondary N) is 1. The van der Waals surface area contributed by atoms with Crippen molar-refractivity contribution in [2.75, 3.05) is 13.2 Å². The van der Waals surface area contributed by atoms with E-state index in [-0.39, 0.29) is 77.1 Å². The third-order valence-electron chi connectivity index (χ3n) is 8.54. The molecule has 53 heavy (non-hydrogen) atoms. The molecule has 298 valence electrons. The van der Waals surface area contributed by atoms with Crippen LogP contribution in [0.5, 0.6) is 0 Å². The average Bonchev–Trinajstić information content (AvgIpc) is 3.06. The van der Waals surface area contributed by atoms with Crippen molar-refractivity contribution < 1.29 is 34.2 Å². The summed E-state index contributed by atoms with van der Waals surface area (Å²) >= 11 is 0. The highest BCUT2D eigenvalue weighted by Crippen LogP contribution is 2.45. The lowest BCUT2D eigenvalue weighted by molar-refractivity contribution is -0.132. The van der Waals surface area contributed by atoms with E-state index in [0.29, 0.717) is 34.7 Å². The highest BCUT2D eigenvalue weighted by Gasteiger charge is 2.40. The van der Waals surface area contributed by atoms with Crippen LogP contribution in [0.2, 0.25) is 0 Å². The maximum Gasteiger partial charge on any atom is 0.183 e. The highest BCUT2D eigenvalue weighted by molar-refractivity contribution is 6.01. The van der Waals surface area contributed by atoms with Crippen LogP contribution in [0.4, 0.5) is 0 Å². The summed E-state index contributed by atoms with van der Waals surface area (Å²) in [4.78, 5) is 63.5. The van der Waals surface area contributed by atoms with Gasteiger partial charge in [0.05, 0.1) is 13.0 Å². The molecular formula is C43H69N3O7. The monoisotopic (exact) mass is 740 g/mol. The molecular weight excluding hydrogens is 670 g/mol. The van der Waals surface area contributed by atoms with Gasteiger partial charge in [0.1, 0.15) is 23.9 Å². The number of pyridine rings is 2.